The fraction of sp³-hybridized carbons (Fsp3) is 0.438. The number of nitrogens with one attached hydrogen (secondary N) is 1. The number of amides is 1. The Balaban J connectivity index is 2.70. The van der Waals surface area contributed by atoms with Gasteiger partial charge in [0.15, 0.2) is 6.61 Å². The van der Waals surface area contributed by atoms with E-state index in [-0.39, 0.29) is 12.5 Å². The Hall–Kier alpha value is -2.01. The molecule has 3 N–H and O–H groups in total. The summed E-state index contributed by atoms with van der Waals surface area (Å²) in [5.74, 6) is 1.19. The summed E-state index contributed by atoms with van der Waals surface area (Å²) in [5, 5.41) is 2.67. The van der Waals surface area contributed by atoms with Gasteiger partial charge in [-0.25, -0.2) is 0 Å². The average Bonchev–Trinajstić information content (AvgIpc) is 2.50. The number of hydrogen-bond donors (Lipinski definition) is 2. The Kier molecular flexibility index (Phi) is 7.97. The van der Waals surface area contributed by atoms with Crippen LogP contribution in [-0.2, 0) is 11.2 Å². The monoisotopic (exact) mass is 292 g/mol. The molecular formula is C16H24N2O3. The summed E-state index contributed by atoms with van der Waals surface area (Å²) in [6.07, 6.45) is 3.25. The number of carbonyl (C=O) groups excluding carboxylic acids is 1. The molecule has 0 heterocycles. The van der Waals surface area contributed by atoms with E-state index in [1.165, 1.54) is 0 Å². The fourth-order valence-electron chi connectivity index (χ4n) is 1.72. The van der Waals surface area contributed by atoms with Crippen molar-refractivity contribution in [1.82, 2.24) is 5.32 Å². The van der Waals surface area contributed by atoms with Crippen molar-refractivity contribution in [1.29, 1.82) is 0 Å². The molecule has 0 aromatic heterocycles. The van der Waals surface area contributed by atoms with E-state index in [0.717, 1.165) is 17.7 Å². The maximum Gasteiger partial charge on any atom is 0.258 e. The van der Waals surface area contributed by atoms with Crippen LogP contribution in [0.5, 0.6) is 11.5 Å². The molecule has 1 aromatic rings. The van der Waals surface area contributed by atoms with Gasteiger partial charge in [0.25, 0.3) is 5.91 Å². The van der Waals surface area contributed by atoms with Crippen molar-refractivity contribution in [3.05, 3.63) is 36.4 Å². The van der Waals surface area contributed by atoms with Crippen LogP contribution in [0.2, 0.25) is 0 Å². The van der Waals surface area contributed by atoms with Gasteiger partial charge in [-0.05, 0) is 31.0 Å². The summed E-state index contributed by atoms with van der Waals surface area (Å²) in [6.45, 7) is 7.15. The van der Waals surface area contributed by atoms with E-state index < -0.39 is 0 Å². The molecule has 1 aromatic carbocycles. The van der Waals surface area contributed by atoms with Crippen LogP contribution < -0.4 is 20.5 Å². The third-order valence-electron chi connectivity index (χ3n) is 2.73. The second-order valence-electron chi connectivity index (χ2n) is 4.54. The maximum atomic E-state index is 11.6. The first-order chi connectivity index (χ1) is 10.2. The number of carbonyl (C=O) groups is 1. The molecule has 0 unspecified atom stereocenters. The smallest absolute Gasteiger partial charge is 0.258 e. The first-order valence-electron chi connectivity index (χ1n) is 7.17. The van der Waals surface area contributed by atoms with Gasteiger partial charge >= 0.3 is 0 Å². The Morgan fingerprint density at radius 1 is 1.43 bits per heavy atom. The van der Waals surface area contributed by atoms with E-state index in [9.17, 15) is 4.79 Å². The first-order valence-corrected chi connectivity index (χ1v) is 7.17. The molecule has 0 saturated carbocycles. The molecule has 0 radical (unpaired) electrons. The molecule has 0 bridgehead atoms. The van der Waals surface area contributed by atoms with Gasteiger partial charge in [-0.3, -0.25) is 4.79 Å². The van der Waals surface area contributed by atoms with E-state index in [2.05, 4.69) is 11.9 Å². The molecule has 0 saturated heterocycles. The third-order valence-corrected chi connectivity index (χ3v) is 2.73. The predicted octanol–water partition coefficient (Wildman–Crippen LogP) is 1.66. The lowest BCUT2D eigenvalue weighted by atomic mass is 10.1. The highest BCUT2D eigenvalue weighted by Gasteiger charge is 2.08. The number of rotatable bonds is 10. The largest absolute Gasteiger partial charge is 0.493 e. The van der Waals surface area contributed by atoms with Gasteiger partial charge in [0.2, 0.25) is 0 Å². The second kappa shape index (κ2) is 9.83. The van der Waals surface area contributed by atoms with Crippen molar-refractivity contribution < 1.29 is 14.3 Å². The highest BCUT2D eigenvalue weighted by molar-refractivity contribution is 5.77. The lowest BCUT2D eigenvalue weighted by Crippen LogP contribution is -2.29. The van der Waals surface area contributed by atoms with Crippen molar-refractivity contribution in [2.75, 3.05) is 26.3 Å². The molecule has 0 spiro atoms. The normalized spacial score (nSPS) is 10.0. The van der Waals surface area contributed by atoms with Crippen LogP contribution in [0.15, 0.2) is 30.9 Å². The minimum absolute atomic E-state index is 0.0390. The molecule has 0 aliphatic heterocycles. The zero-order valence-electron chi connectivity index (χ0n) is 12.6. The molecule has 1 amide bonds. The first kappa shape index (κ1) is 17.0. The molecular weight excluding hydrogens is 268 g/mol. The minimum atomic E-state index is -0.187. The molecule has 0 fully saturated rings. The molecule has 21 heavy (non-hydrogen) atoms. The third kappa shape index (κ3) is 6.31. The molecule has 5 nitrogen and oxygen atoms in total. The number of benzene rings is 1. The SMILES string of the molecule is C=CCNC(=O)COc1cc(OCCC)ccc1CCN. The van der Waals surface area contributed by atoms with E-state index in [0.29, 0.717) is 31.9 Å². The van der Waals surface area contributed by atoms with Crippen LogP contribution in [0, 0.1) is 0 Å². The maximum absolute atomic E-state index is 11.6. The van der Waals surface area contributed by atoms with Crippen molar-refractivity contribution in [3.8, 4) is 11.5 Å². The number of ether oxygens (including phenoxy) is 2. The van der Waals surface area contributed by atoms with Crippen molar-refractivity contribution in [2.24, 2.45) is 5.73 Å². The highest BCUT2D eigenvalue weighted by Crippen LogP contribution is 2.25. The van der Waals surface area contributed by atoms with Crippen LogP contribution in [-0.4, -0.2) is 32.2 Å². The molecule has 0 atom stereocenters. The standard InChI is InChI=1S/C16H24N2O3/c1-3-9-18-16(19)12-21-15-11-14(20-10-4-2)6-5-13(15)7-8-17/h3,5-6,11H,1,4,7-10,12,17H2,2H3,(H,18,19). The minimum Gasteiger partial charge on any atom is -0.493 e. The zero-order chi connectivity index (χ0) is 15.5. The van der Waals surface area contributed by atoms with Crippen LogP contribution >= 0.6 is 0 Å². The van der Waals surface area contributed by atoms with E-state index in [1.807, 2.05) is 19.1 Å². The zero-order valence-corrected chi connectivity index (χ0v) is 12.6. The second-order valence-corrected chi connectivity index (χ2v) is 4.54. The Bertz CT molecular complexity index is 461. The summed E-state index contributed by atoms with van der Waals surface area (Å²) in [5.41, 5.74) is 6.56. The lowest BCUT2D eigenvalue weighted by Gasteiger charge is -2.13. The Morgan fingerprint density at radius 3 is 2.90 bits per heavy atom. The summed E-state index contributed by atoms with van der Waals surface area (Å²) >= 11 is 0. The van der Waals surface area contributed by atoms with Gasteiger partial charge in [0.1, 0.15) is 11.5 Å². The number of nitrogens with two attached hydrogens (primary N) is 1. The highest BCUT2D eigenvalue weighted by atomic mass is 16.5. The summed E-state index contributed by atoms with van der Waals surface area (Å²) in [6, 6.07) is 5.63. The average molecular weight is 292 g/mol. The van der Waals surface area contributed by atoms with Gasteiger partial charge < -0.3 is 20.5 Å². The van der Waals surface area contributed by atoms with Crippen molar-refractivity contribution in [3.63, 3.8) is 0 Å². The van der Waals surface area contributed by atoms with Crippen molar-refractivity contribution >= 4 is 5.91 Å². The summed E-state index contributed by atoms with van der Waals surface area (Å²) in [7, 11) is 0. The van der Waals surface area contributed by atoms with Gasteiger partial charge in [-0.1, -0.05) is 19.1 Å². The van der Waals surface area contributed by atoms with Gasteiger partial charge in [0.05, 0.1) is 6.61 Å². The van der Waals surface area contributed by atoms with Gasteiger partial charge in [0, 0.05) is 12.6 Å². The van der Waals surface area contributed by atoms with Crippen LogP contribution in [0.1, 0.15) is 18.9 Å². The topological polar surface area (TPSA) is 73.6 Å². The molecule has 0 aliphatic rings. The Morgan fingerprint density at radius 2 is 2.24 bits per heavy atom. The van der Waals surface area contributed by atoms with Crippen LogP contribution in [0.4, 0.5) is 0 Å². The molecule has 116 valence electrons. The molecule has 1 rings (SSSR count). The quantitative estimate of drug-likeness (QED) is 0.643. The lowest BCUT2D eigenvalue weighted by molar-refractivity contribution is -0.122. The molecule has 5 heteroatoms. The van der Waals surface area contributed by atoms with Gasteiger partial charge in [-0.2, -0.15) is 0 Å². The van der Waals surface area contributed by atoms with Crippen LogP contribution in [0.25, 0.3) is 0 Å². The predicted molar refractivity (Wildman–Crippen MR) is 83.7 cm³/mol. The fourth-order valence-corrected chi connectivity index (χ4v) is 1.72. The molecule has 0 aliphatic carbocycles. The van der Waals surface area contributed by atoms with Crippen molar-refractivity contribution in [2.45, 2.75) is 19.8 Å². The van der Waals surface area contributed by atoms with E-state index in [4.69, 9.17) is 15.2 Å². The number of hydrogen-bond acceptors (Lipinski definition) is 4. The summed E-state index contributed by atoms with van der Waals surface area (Å²) < 4.78 is 11.2. The van der Waals surface area contributed by atoms with Gasteiger partial charge in [-0.15, -0.1) is 6.58 Å². The summed E-state index contributed by atoms with van der Waals surface area (Å²) in [4.78, 5) is 11.6. The Labute approximate surface area is 126 Å². The van der Waals surface area contributed by atoms with E-state index >= 15 is 0 Å². The van der Waals surface area contributed by atoms with E-state index in [1.54, 1.807) is 12.1 Å². The van der Waals surface area contributed by atoms with Crippen LogP contribution in [0.3, 0.4) is 0 Å².